The molecule has 0 bridgehead atoms. The number of rotatable bonds is 6. The summed E-state index contributed by atoms with van der Waals surface area (Å²) in [7, 11) is -3.44. The number of halogens is 1. The predicted molar refractivity (Wildman–Crippen MR) is 126 cm³/mol. The van der Waals surface area contributed by atoms with Gasteiger partial charge in [-0.15, -0.1) is 0 Å². The highest BCUT2D eigenvalue weighted by molar-refractivity contribution is 9.10. The summed E-state index contributed by atoms with van der Waals surface area (Å²) in [6.07, 6.45) is 5.32. The third-order valence-corrected chi connectivity index (χ3v) is 7.48. The van der Waals surface area contributed by atoms with Crippen LogP contribution in [0.3, 0.4) is 0 Å². The predicted octanol–water partition coefficient (Wildman–Crippen LogP) is 3.07. The lowest BCUT2D eigenvalue weighted by molar-refractivity contribution is 0.316. The van der Waals surface area contributed by atoms with Crippen LogP contribution < -0.4 is 10.6 Å². The number of nitrogens with two attached hydrogens (primary N) is 1. The fraction of sp³-hybridized carbons (Fsp3) is 0.318. The maximum absolute atomic E-state index is 12.9. The summed E-state index contributed by atoms with van der Waals surface area (Å²) < 4.78 is 28.3. The van der Waals surface area contributed by atoms with Gasteiger partial charge in [0.05, 0.1) is 30.5 Å². The number of nitrogens with zero attached hydrogens (tertiary/aromatic N) is 3. The molecule has 164 valence electrons. The monoisotopic (exact) mass is 503 g/mol. The molecule has 2 unspecified atom stereocenters. The minimum Gasteiger partial charge on any atom is -0.360 e. The molecule has 1 aromatic heterocycles. The molecule has 3 aromatic rings. The second-order valence-corrected chi connectivity index (χ2v) is 10.7. The Labute approximate surface area is 191 Å². The molecule has 3 N–H and O–H groups in total. The number of imidazole rings is 1. The maximum atomic E-state index is 12.9. The molecule has 1 aliphatic rings. The fourth-order valence-electron chi connectivity index (χ4n) is 4.28. The number of fused-ring (bicyclic) bond motifs is 1. The van der Waals surface area contributed by atoms with Crippen molar-refractivity contribution in [3.8, 4) is 0 Å². The smallest absolute Gasteiger partial charge is 0.211 e. The molecule has 31 heavy (non-hydrogen) atoms. The standard InChI is InChI=1S/C22H26BrN5O2S/c1-31(29,30)28-13-17-10-18(23)7-8-21(17)27(22(11-24)20-12-25-15-26-20)14-19(28)9-16-5-3-2-4-6-16/h2-8,10,12,15,19,22H,9,11,13-14,24H2,1H3,(H,25,26). The first-order valence-electron chi connectivity index (χ1n) is 10.1. The van der Waals surface area contributed by atoms with Gasteiger partial charge in [-0.05, 0) is 35.7 Å². The molecule has 0 aliphatic carbocycles. The highest BCUT2D eigenvalue weighted by Crippen LogP contribution is 2.36. The Bertz CT molecular complexity index is 1120. The molecule has 0 fully saturated rings. The van der Waals surface area contributed by atoms with Gasteiger partial charge >= 0.3 is 0 Å². The Hall–Kier alpha value is -2.20. The number of hydrogen-bond donors (Lipinski definition) is 2. The molecule has 4 rings (SSSR count). The molecule has 0 radical (unpaired) electrons. The van der Waals surface area contributed by atoms with Gasteiger partial charge in [-0.1, -0.05) is 46.3 Å². The topological polar surface area (TPSA) is 95.3 Å². The molecular weight excluding hydrogens is 478 g/mol. The molecule has 9 heteroatoms. The van der Waals surface area contributed by atoms with Crippen molar-refractivity contribution >= 4 is 31.6 Å². The average Bonchev–Trinajstić information content (AvgIpc) is 3.20. The second-order valence-electron chi connectivity index (χ2n) is 7.84. The van der Waals surface area contributed by atoms with E-state index in [-0.39, 0.29) is 12.1 Å². The molecule has 0 saturated heterocycles. The highest BCUT2D eigenvalue weighted by Gasteiger charge is 2.36. The SMILES string of the molecule is CS(=O)(=O)N1Cc2cc(Br)ccc2N(C(CN)c2cnc[nH]2)CC1Cc1ccccc1. The van der Waals surface area contributed by atoms with Crippen molar-refractivity contribution in [2.75, 3.05) is 24.2 Å². The van der Waals surface area contributed by atoms with Gasteiger partial charge in [0.2, 0.25) is 10.0 Å². The Morgan fingerprint density at radius 1 is 1.26 bits per heavy atom. The van der Waals surface area contributed by atoms with Crippen molar-refractivity contribution in [3.63, 3.8) is 0 Å². The van der Waals surface area contributed by atoms with Crippen LogP contribution in [0.5, 0.6) is 0 Å². The zero-order valence-electron chi connectivity index (χ0n) is 17.3. The number of sulfonamides is 1. The minimum absolute atomic E-state index is 0.153. The van der Waals surface area contributed by atoms with Gasteiger partial charge in [0.15, 0.2) is 0 Å². The first-order chi connectivity index (χ1) is 14.9. The lowest BCUT2D eigenvalue weighted by atomic mass is 10.0. The normalized spacial score (nSPS) is 18.4. The molecule has 0 spiro atoms. The first kappa shape index (κ1) is 22.0. The summed E-state index contributed by atoms with van der Waals surface area (Å²) in [4.78, 5) is 9.57. The number of anilines is 1. The molecule has 1 aliphatic heterocycles. The Kier molecular flexibility index (Phi) is 6.47. The van der Waals surface area contributed by atoms with Crippen LogP contribution in [0.1, 0.15) is 22.9 Å². The van der Waals surface area contributed by atoms with Gasteiger partial charge in [-0.3, -0.25) is 0 Å². The van der Waals surface area contributed by atoms with Crippen LogP contribution in [0.15, 0.2) is 65.5 Å². The van der Waals surface area contributed by atoms with Crippen molar-refractivity contribution in [2.24, 2.45) is 5.73 Å². The zero-order chi connectivity index (χ0) is 22.0. The molecule has 7 nitrogen and oxygen atoms in total. The van der Waals surface area contributed by atoms with E-state index >= 15 is 0 Å². The third-order valence-electron chi connectivity index (χ3n) is 5.71. The summed E-state index contributed by atoms with van der Waals surface area (Å²) in [6.45, 7) is 1.19. The van der Waals surface area contributed by atoms with Gasteiger partial charge in [0, 0.05) is 35.8 Å². The van der Waals surface area contributed by atoms with E-state index in [1.165, 1.54) is 6.26 Å². The minimum atomic E-state index is -3.44. The third kappa shape index (κ3) is 4.85. The van der Waals surface area contributed by atoms with Crippen molar-refractivity contribution < 1.29 is 8.42 Å². The summed E-state index contributed by atoms with van der Waals surface area (Å²) >= 11 is 3.54. The van der Waals surface area contributed by atoms with Crippen LogP contribution >= 0.6 is 15.9 Å². The van der Waals surface area contributed by atoms with E-state index < -0.39 is 10.0 Å². The maximum Gasteiger partial charge on any atom is 0.211 e. The second kappa shape index (κ2) is 9.12. The largest absolute Gasteiger partial charge is 0.360 e. The summed E-state index contributed by atoms with van der Waals surface area (Å²) in [5.41, 5.74) is 10.1. The molecule has 2 heterocycles. The zero-order valence-corrected chi connectivity index (χ0v) is 19.7. The van der Waals surface area contributed by atoms with E-state index in [0.717, 1.165) is 27.0 Å². The fourth-order valence-corrected chi connectivity index (χ4v) is 5.75. The Morgan fingerprint density at radius 3 is 2.68 bits per heavy atom. The van der Waals surface area contributed by atoms with Crippen LogP contribution in [-0.2, 0) is 23.0 Å². The Morgan fingerprint density at radius 2 is 2.03 bits per heavy atom. The van der Waals surface area contributed by atoms with Crippen LogP contribution in [0.2, 0.25) is 0 Å². The van der Waals surface area contributed by atoms with Crippen molar-refractivity contribution in [3.05, 3.63) is 82.3 Å². The van der Waals surface area contributed by atoms with E-state index in [2.05, 4.69) is 30.8 Å². The van der Waals surface area contributed by atoms with Gasteiger partial charge in [-0.2, -0.15) is 4.31 Å². The number of aromatic amines is 1. The average molecular weight is 504 g/mol. The Balaban J connectivity index is 1.82. The summed E-state index contributed by atoms with van der Waals surface area (Å²) in [5.74, 6) is 0. The number of hydrogen-bond acceptors (Lipinski definition) is 5. The summed E-state index contributed by atoms with van der Waals surface area (Å²) in [6, 6.07) is 15.6. The molecule has 0 amide bonds. The number of aromatic nitrogens is 2. The lowest BCUT2D eigenvalue weighted by Crippen LogP contribution is -2.47. The quantitative estimate of drug-likeness (QED) is 0.538. The number of benzene rings is 2. The first-order valence-corrected chi connectivity index (χ1v) is 12.7. The molecule has 2 atom stereocenters. The van der Waals surface area contributed by atoms with Crippen LogP contribution in [0.4, 0.5) is 5.69 Å². The highest BCUT2D eigenvalue weighted by atomic mass is 79.9. The van der Waals surface area contributed by atoms with E-state index in [9.17, 15) is 8.42 Å². The van der Waals surface area contributed by atoms with Crippen molar-refractivity contribution in [2.45, 2.75) is 25.0 Å². The summed E-state index contributed by atoms with van der Waals surface area (Å²) in [5, 5.41) is 0. The molecular formula is C22H26BrN5O2S. The number of H-pyrrole nitrogens is 1. The number of nitrogens with one attached hydrogen (secondary N) is 1. The van der Waals surface area contributed by atoms with E-state index in [1.807, 2.05) is 48.5 Å². The van der Waals surface area contributed by atoms with E-state index in [1.54, 1.807) is 16.8 Å². The molecule has 2 aromatic carbocycles. The van der Waals surface area contributed by atoms with Crippen LogP contribution in [-0.4, -0.2) is 48.1 Å². The van der Waals surface area contributed by atoms with Crippen LogP contribution in [0.25, 0.3) is 0 Å². The van der Waals surface area contributed by atoms with Gasteiger partial charge in [0.1, 0.15) is 0 Å². The van der Waals surface area contributed by atoms with Crippen LogP contribution in [0, 0.1) is 0 Å². The lowest BCUT2D eigenvalue weighted by Gasteiger charge is -2.36. The van der Waals surface area contributed by atoms with Gasteiger partial charge in [-0.25, -0.2) is 13.4 Å². The van der Waals surface area contributed by atoms with Crippen molar-refractivity contribution in [1.29, 1.82) is 0 Å². The van der Waals surface area contributed by atoms with Crippen molar-refractivity contribution in [1.82, 2.24) is 14.3 Å². The van der Waals surface area contributed by atoms with Gasteiger partial charge in [0.25, 0.3) is 0 Å². The van der Waals surface area contributed by atoms with E-state index in [0.29, 0.717) is 26.1 Å². The van der Waals surface area contributed by atoms with E-state index in [4.69, 9.17) is 5.73 Å². The van der Waals surface area contributed by atoms with Gasteiger partial charge < -0.3 is 15.6 Å². The molecule has 0 saturated carbocycles.